The van der Waals surface area contributed by atoms with Crippen LogP contribution in [-0.4, -0.2) is 16.5 Å². The number of hydrogen-bond donors (Lipinski definition) is 0. The average molecular weight is 216 g/mol. The molecule has 0 atom stereocenters. The zero-order valence-corrected chi connectivity index (χ0v) is 9.58. The van der Waals surface area contributed by atoms with Crippen LogP contribution in [0.3, 0.4) is 0 Å². The topological polar surface area (TPSA) is 25.8 Å². The summed E-state index contributed by atoms with van der Waals surface area (Å²) in [6.45, 7) is 1.94. The summed E-state index contributed by atoms with van der Waals surface area (Å²) in [5.41, 5.74) is 2.98. The Morgan fingerprint density at radius 3 is 2.20 bits per heavy atom. The minimum Gasteiger partial charge on any atom is -0.155 e. The van der Waals surface area contributed by atoms with Gasteiger partial charge in [0.05, 0.1) is 11.4 Å². The van der Waals surface area contributed by atoms with Gasteiger partial charge in [0.2, 0.25) is 0 Å². The molecule has 3 heteroatoms. The average Bonchev–Trinajstić information content (AvgIpc) is 2.30. The van der Waals surface area contributed by atoms with Gasteiger partial charge in [-0.05, 0) is 37.4 Å². The number of rotatable bonds is 2. The third-order valence-corrected chi connectivity index (χ3v) is 2.93. The van der Waals surface area contributed by atoms with Crippen molar-refractivity contribution < 1.29 is 0 Å². The van der Waals surface area contributed by atoms with Gasteiger partial charge in [-0.25, -0.2) is 0 Å². The van der Waals surface area contributed by atoms with Crippen molar-refractivity contribution >= 4 is 11.8 Å². The lowest BCUT2D eigenvalue weighted by Crippen LogP contribution is -1.89. The number of thioether (sulfide) groups is 1. The minimum absolute atomic E-state index is 0.924. The molecule has 1 aromatic heterocycles. The van der Waals surface area contributed by atoms with Gasteiger partial charge in [-0.2, -0.15) is 10.2 Å². The maximum absolute atomic E-state index is 4.15. The number of aryl methyl sites for hydroxylation is 1. The van der Waals surface area contributed by atoms with Gasteiger partial charge < -0.3 is 0 Å². The van der Waals surface area contributed by atoms with Crippen LogP contribution in [0.25, 0.3) is 11.3 Å². The smallest absolute Gasteiger partial charge is 0.0929 e. The maximum atomic E-state index is 4.15. The zero-order valence-electron chi connectivity index (χ0n) is 8.77. The molecule has 0 aliphatic rings. The Labute approximate surface area is 93.7 Å². The summed E-state index contributed by atoms with van der Waals surface area (Å²) in [5, 5.41) is 8.19. The molecule has 0 fully saturated rings. The summed E-state index contributed by atoms with van der Waals surface area (Å²) < 4.78 is 0. The number of benzene rings is 1. The molecule has 0 saturated carbocycles. The normalized spacial score (nSPS) is 10.3. The molecule has 1 heterocycles. The van der Waals surface area contributed by atoms with Crippen molar-refractivity contribution in [2.45, 2.75) is 11.8 Å². The van der Waals surface area contributed by atoms with Crippen molar-refractivity contribution in [3.63, 3.8) is 0 Å². The summed E-state index contributed by atoms with van der Waals surface area (Å²) in [6, 6.07) is 12.3. The Bertz CT molecular complexity index is 434. The van der Waals surface area contributed by atoms with Gasteiger partial charge in [0.25, 0.3) is 0 Å². The highest BCUT2D eigenvalue weighted by atomic mass is 32.2. The fraction of sp³-hybridized carbons (Fsp3) is 0.167. The molecule has 0 amide bonds. The van der Waals surface area contributed by atoms with Crippen molar-refractivity contribution in [2.75, 3.05) is 6.26 Å². The van der Waals surface area contributed by atoms with Crippen LogP contribution in [-0.2, 0) is 0 Å². The summed E-state index contributed by atoms with van der Waals surface area (Å²) in [6.07, 6.45) is 2.07. The van der Waals surface area contributed by atoms with E-state index in [1.54, 1.807) is 11.8 Å². The van der Waals surface area contributed by atoms with Gasteiger partial charge in [0.1, 0.15) is 0 Å². The molecule has 1 aromatic carbocycles. The molecule has 2 aromatic rings. The molecule has 0 aliphatic heterocycles. The predicted molar refractivity (Wildman–Crippen MR) is 64.0 cm³/mol. The molecule has 0 bridgehead atoms. The Balaban J connectivity index is 2.33. The molecule has 0 radical (unpaired) electrons. The van der Waals surface area contributed by atoms with Crippen molar-refractivity contribution in [3.8, 4) is 11.3 Å². The fourth-order valence-electron chi connectivity index (χ4n) is 1.31. The second-order valence-corrected chi connectivity index (χ2v) is 4.17. The lowest BCUT2D eigenvalue weighted by atomic mass is 10.1. The van der Waals surface area contributed by atoms with Crippen molar-refractivity contribution in [2.24, 2.45) is 0 Å². The first-order chi connectivity index (χ1) is 7.29. The molecule has 76 valence electrons. The molecular weight excluding hydrogens is 204 g/mol. The van der Waals surface area contributed by atoms with E-state index in [0.29, 0.717) is 0 Å². The van der Waals surface area contributed by atoms with E-state index in [4.69, 9.17) is 0 Å². The van der Waals surface area contributed by atoms with Crippen LogP contribution in [0.1, 0.15) is 5.69 Å². The van der Waals surface area contributed by atoms with E-state index in [0.717, 1.165) is 17.0 Å². The largest absolute Gasteiger partial charge is 0.155 e. The molecule has 15 heavy (non-hydrogen) atoms. The zero-order chi connectivity index (χ0) is 10.7. The third kappa shape index (κ3) is 2.36. The van der Waals surface area contributed by atoms with Crippen LogP contribution in [0.5, 0.6) is 0 Å². The Morgan fingerprint density at radius 1 is 0.933 bits per heavy atom. The van der Waals surface area contributed by atoms with Crippen LogP contribution in [0.2, 0.25) is 0 Å². The van der Waals surface area contributed by atoms with Gasteiger partial charge in [0.15, 0.2) is 0 Å². The minimum atomic E-state index is 0.924. The Hall–Kier alpha value is -1.35. The standard InChI is InChI=1S/C12H12N2S/c1-9-3-8-12(14-13-9)10-4-6-11(15-2)7-5-10/h3-8H,1-2H3. The van der Waals surface area contributed by atoms with E-state index in [-0.39, 0.29) is 0 Å². The van der Waals surface area contributed by atoms with Crippen LogP contribution < -0.4 is 0 Å². The summed E-state index contributed by atoms with van der Waals surface area (Å²) >= 11 is 1.74. The molecule has 0 saturated heterocycles. The van der Waals surface area contributed by atoms with Crippen LogP contribution in [0.15, 0.2) is 41.3 Å². The van der Waals surface area contributed by atoms with Gasteiger partial charge in [-0.3, -0.25) is 0 Å². The summed E-state index contributed by atoms with van der Waals surface area (Å²) in [5.74, 6) is 0. The highest BCUT2D eigenvalue weighted by Crippen LogP contribution is 2.20. The van der Waals surface area contributed by atoms with Gasteiger partial charge in [-0.1, -0.05) is 12.1 Å². The Kier molecular flexibility index (Phi) is 3.02. The molecule has 0 aliphatic carbocycles. The van der Waals surface area contributed by atoms with Gasteiger partial charge in [-0.15, -0.1) is 11.8 Å². The molecule has 0 unspecified atom stereocenters. The quantitative estimate of drug-likeness (QED) is 0.721. The first-order valence-corrected chi connectivity index (χ1v) is 5.97. The molecular formula is C12H12N2S. The highest BCUT2D eigenvalue weighted by Gasteiger charge is 1.99. The monoisotopic (exact) mass is 216 g/mol. The predicted octanol–water partition coefficient (Wildman–Crippen LogP) is 3.17. The first kappa shape index (κ1) is 10.2. The SMILES string of the molecule is CSc1ccc(-c2ccc(C)nn2)cc1. The summed E-state index contributed by atoms with van der Waals surface area (Å²) in [4.78, 5) is 1.26. The maximum Gasteiger partial charge on any atom is 0.0929 e. The van der Waals surface area contributed by atoms with Crippen LogP contribution >= 0.6 is 11.8 Å². The van der Waals surface area contributed by atoms with E-state index in [9.17, 15) is 0 Å². The summed E-state index contributed by atoms with van der Waals surface area (Å²) in [7, 11) is 0. The Morgan fingerprint density at radius 2 is 1.67 bits per heavy atom. The number of hydrogen-bond acceptors (Lipinski definition) is 3. The number of nitrogens with zero attached hydrogens (tertiary/aromatic N) is 2. The molecule has 0 N–H and O–H groups in total. The fourth-order valence-corrected chi connectivity index (χ4v) is 1.72. The van der Waals surface area contributed by atoms with Gasteiger partial charge >= 0.3 is 0 Å². The first-order valence-electron chi connectivity index (χ1n) is 4.74. The van der Waals surface area contributed by atoms with Gasteiger partial charge in [0, 0.05) is 10.5 Å². The van der Waals surface area contributed by atoms with E-state index in [1.165, 1.54) is 4.90 Å². The lowest BCUT2D eigenvalue weighted by Gasteiger charge is -2.01. The number of aromatic nitrogens is 2. The van der Waals surface area contributed by atoms with E-state index in [1.807, 2.05) is 19.1 Å². The molecule has 0 spiro atoms. The molecule has 2 nitrogen and oxygen atoms in total. The van der Waals surface area contributed by atoms with Crippen LogP contribution in [0, 0.1) is 6.92 Å². The molecule has 2 rings (SSSR count). The highest BCUT2D eigenvalue weighted by molar-refractivity contribution is 7.98. The van der Waals surface area contributed by atoms with E-state index in [2.05, 4.69) is 40.7 Å². The van der Waals surface area contributed by atoms with E-state index < -0.39 is 0 Å². The van der Waals surface area contributed by atoms with Crippen LogP contribution in [0.4, 0.5) is 0 Å². The second-order valence-electron chi connectivity index (χ2n) is 3.29. The van der Waals surface area contributed by atoms with Crippen molar-refractivity contribution in [3.05, 3.63) is 42.1 Å². The van der Waals surface area contributed by atoms with Crippen molar-refractivity contribution in [1.82, 2.24) is 10.2 Å². The second kappa shape index (κ2) is 4.45. The van der Waals surface area contributed by atoms with Crippen molar-refractivity contribution in [1.29, 1.82) is 0 Å². The lowest BCUT2D eigenvalue weighted by molar-refractivity contribution is 0.987. The third-order valence-electron chi connectivity index (χ3n) is 2.18. The van der Waals surface area contributed by atoms with E-state index >= 15 is 0 Å².